The Kier molecular flexibility index (Phi) is 5.58. The first-order valence-corrected chi connectivity index (χ1v) is 8.40. The minimum atomic E-state index is -0.657. The van der Waals surface area contributed by atoms with Gasteiger partial charge in [-0.2, -0.15) is 0 Å². The van der Waals surface area contributed by atoms with Gasteiger partial charge in [0.2, 0.25) is 0 Å². The highest BCUT2D eigenvalue weighted by molar-refractivity contribution is 6.10. The van der Waals surface area contributed by atoms with Gasteiger partial charge in [0.15, 0.2) is 6.10 Å². The number of likely N-dealkylation sites (tertiary alicyclic amines) is 1. The maximum Gasteiger partial charge on any atom is 0.261 e. The number of β-lactam (4-membered cyclic amide) rings is 1. The molecule has 2 aromatic rings. The number of nitrogens with zero attached hydrogens (tertiary/aromatic N) is 1. The molecule has 2 atom stereocenters. The van der Waals surface area contributed by atoms with Crippen LogP contribution >= 0.6 is 0 Å². The summed E-state index contributed by atoms with van der Waals surface area (Å²) in [7, 11) is 0. The van der Waals surface area contributed by atoms with Crippen molar-refractivity contribution < 1.29 is 19.1 Å². The van der Waals surface area contributed by atoms with Gasteiger partial charge in [-0.3, -0.25) is 14.5 Å². The van der Waals surface area contributed by atoms with E-state index in [9.17, 15) is 9.59 Å². The Morgan fingerprint density at radius 3 is 2.28 bits per heavy atom. The second kappa shape index (κ2) is 8.05. The van der Waals surface area contributed by atoms with Crippen LogP contribution in [-0.4, -0.2) is 42.6 Å². The highest BCUT2D eigenvalue weighted by Gasteiger charge is 2.52. The van der Waals surface area contributed by atoms with Crippen LogP contribution < -0.4 is 0 Å². The third kappa shape index (κ3) is 3.62. The number of hydrogen-bond acceptors (Lipinski definition) is 4. The maximum absolute atomic E-state index is 12.8. The van der Waals surface area contributed by atoms with Crippen molar-refractivity contribution in [2.45, 2.75) is 19.1 Å². The second-order valence-electron chi connectivity index (χ2n) is 5.72. The summed E-state index contributed by atoms with van der Waals surface area (Å²) in [6.45, 7) is 3.25. The molecule has 25 heavy (non-hydrogen) atoms. The summed E-state index contributed by atoms with van der Waals surface area (Å²) in [6, 6.07) is 17.9. The summed E-state index contributed by atoms with van der Waals surface area (Å²) in [5.41, 5.74) is 1.37. The average molecular weight is 339 g/mol. The summed E-state index contributed by atoms with van der Waals surface area (Å²) in [5.74, 6) is -0.608. The molecule has 0 radical (unpaired) electrons. The van der Waals surface area contributed by atoms with E-state index in [0.29, 0.717) is 25.4 Å². The fraction of sp³-hybridized carbons (Fsp3) is 0.300. The van der Waals surface area contributed by atoms with Gasteiger partial charge < -0.3 is 9.47 Å². The standard InChI is InChI=1S/C20H21NO4/c1-2-24-13-14-25-18-17(15-9-5-3-6-10-15)21(20(18)23)19(22)16-11-7-4-8-12-16/h3-12,17-18H,2,13-14H2,1H3. The highest BCUT2D eigenvalue weighted by Crippen LogP contribution is 2.38. The maximum atomic E-state index is 12.8. The Morgan fingerprint density at radius 1 is 1.00 bits per heavy atom. The topological polar surface area (TPSA) is 55.8 Å². The Bertz CT molecular complexity index is 717. The van der Waals surface area contributed by atoms with Crippen molar-refractivity contribution in [3.8, 4) is 0 Å². The zero-order chi connectivity index (χ0) is 17.6. The third-order valence-electron chi connectivity index (χ3n) is 4.16. The van der Waals surface area contributed by atoms with Gasteiger partial charge in [0.1, 0.15) is 6.04 Å². The molecular formula is C20H21NO4. The summed E-state index contributed by atoms with van der Waals surface area (Å²) in [4.78, 5) is 26.6. The van der Waals surface area contributed by atoms with Crippen LogP contribution in [0.4, 0.5) is 0 Å². The van der Waals surface area contributed by atoms with Crippen LogP contribution in [0, 0.1) is 0 Å². The number of benzene rings is 2. The van der Waals surface area contributed by atoms with E-state index in [0.717, 1.165) is 5.56 Å². The van der Waals surface area contributed by atoms with Crippen LogP contribution in [0.2, 0.25) is 0 Å². The molecule has 0 aromatic heterocycles. The number of carbonyl (C=O) groups excluding carboxylic acids is 2. The lowest BCUT2D eigenvalue weighted by molar-refractivity contribution is -0.169. The van der Waals surface area contributed by atoms with Gasteiger partial charge in [-0.05, 0) is 24.6 Å². The predicted octanol–water partition coefficient (Wildman–Crippen LogP) is 2.83. The van der Waals surface area contributed by atoms with E-state index in [1.807, 2.05) is 43.3 Å². The second-order valence-corrected chi connectivity index (χ2v) is 5.72. The smallest absolute Gasteiger partial charge is 0.261 e. The van der Waals surface area contributed by atoms with Crippen molar-refractivity contribution in [3.05, 3.63) is 71.8 Å². The van der Waals surface area contributed by atoms with E-state index in [4.69, 9.17) is 9.47 Å². The van der Waals surface area contributed by atoms with Crippen LogP contribution in [0.5, 0.6) is 0 Å². The molecule has 0 aliphatic carbocycles. The van der Waals surface area contributed by atoms with Crippen LogP contribution in [0.25, 0.3) is 0 Å². The molecule has 2 unspecified atom stereocenters. The molecule has 3 rings (SSSR count). The fourth-order valence-electron chi connectivity index (χ4n) is 2.92. The van der Waals surface area contributed by atoms with E-state index in [1.54, 1.807) is 24.3 Å². The van der Waals surface area contributed by atoms with E-state index < -0.39 is 12.1 Å². The summed E-state index contributed by atoms with van der Waals surface area (Å²) in [6.07, 6.45) is -0.657. The molecule has 1 aliphatic heterocycles. The third-order valence-corrected chi connectivity index (χ3v) is 4.16. The number of rotatable bonds is 7. The largest absolute Gasteiger partial charge is 0.379 e. The Hall–Kier alpha value is -2.50. The minimum Gasteiger partial charge on any atom is -0.379 e. The fourth-order valence-corrected chi connectivity index (χ4v) is 2.92. The lowest BCUT2D eigenvalue weighted by Gasteiger charge is -2.45. The number of carbonyl (C=O) groups is 2. The molecule has 1 aliphatic rings. The monoisotopic (exact) mass is 339 g/mol. The van der Waals surface area contributed by atoms with E-state index in [2.05, 4.69) is 0 Å². The summed E-state index contributed by atoms with van der Waals surface area (Å²) < 4.78 is 11.0. The normalized spacial score (nSPS) is 19.6. The number of amides is 2. The molecule has 0 spiro atoms. The van der Waals surface area contributed by atoms with Crippen LogP contribution in [0.1, 0.15) is 28.9 Å². The molecule has 0 saturated carbocycles. The van der Waals surface area contributed by atoms with Crippen molar-refractivity contribution >= 4 is 11.8 Å². The summed E-state index contributed by atoms with van der Waals surface area (Å²) >= 11 is 0. The van der Waals surface area contributed by atoms with Gasteiger partial charge >= 0.3 is 0 Å². The van der Waals surface area contributed by atoms with Crippen LogP contribution in [0.3, 0.4) is 0 Å². The van der Waals surface area contributed by atoms with Gasteiger partial charge in [0.25, 0.3) is 11.8 Å². The molecule has 2 amide bonds. The minimum absolute atomic E-state index is 0.302. The molecule has 1 heterocycles. The first-order valence-electron chi connectivity index (χ1n) is 8.40. The Labute approximate surface area is 147 Å². The number of imide groups is 1. The molecule has 0 N–H and O–H groups in total. The zero-order valence-corrected chi connectivity index (χ0v) is 14.1. The molecule has 2 aromatic carbocycles. The van der Waals surface area contributed by atoms with Crippen molar-refractivity contribution in [2.75, 3.05) is 19.8 Å². The van der Waals surface area contributed by atoms with E-state index in [-0.39, 0.29) is 11.8 Å². The Balaban J connectivity index is 1.80. The highest BCUT2D eigenvalue weighted by atomic mass is 16.5. The van der Waals surface area contributed by atoms with Crippen molar-refractivity contribution in [3.63, 3.8) is 0 Å². The molecule has 130 valence electrons. The number of hydrogen-bond donors (Lipinski definition) is 0. The van der Waals surface area contributed by atoms with Crippen LogP contribution in [-0.2, 0) is 14.3 Å². The Morgan fingerprint density at radius 2 is 1.64 bits per heavy atom. The molecule has 5 heteroatoms. The van der Waals surface area contributed by atoms with Gasteiger partial charge in [-0.15, -0.1) is 0 Å². The van der Waals surface area contributed by atoms with Crippen LogP contribution in [0.15, 0.2) is 60.7 Å². The molecule has 1 fully saturated rings. The average Bonchev–Trinajstić information content (AvgIpc) is 2.66. The molecular weight excluding hydrogens is 318 g/mol. The van der Waals surface area contributed by atoms with E-state index >= 15 is 0 Å². The number of ether oxygens (including phenoxy) is 2. The lowest BCUT2D eigenvalue weighted by Crippen LogP contribution is -2.62. The molecule has 5 nitrogen and oxygen atoms in total. The lowest BCUT2D eigenvalue weighted by atomic mass is 9.89. The van der Waals surface area contributed by atoms with Crippen molar-refractivity contribution in [1.82, 2.24) is 4.90 Å². The van der Waals surface area contributed by atoms with Gasteiger partial charge in [0, 0.05) is 12.2 Å². The van der Waals surface area contributed by atoms with E-state index in [1.165, 1.54) is 4.90 Å². The van der Waals surface area contributed by atoms with Gasteiger partial charge in [-0.1, -0.05) is 48.5 Å². The van der Waals surface area contributed by atoms with Crippen molar-refractivity contribution in [1.29, 1.82) is 0 Å². The molecule has 0 bridgehead atoms. The SMILES string of the molecule is CCOCCOC1C(=O)N(C(=O)c2ccccc2)C1c1ccccc1. The zero-order valence-electron chi connectivity index (χ0n) is 14.1. The first-order chi connectivity index (χ1) is 12.2. The van der Waals surface area contributed by atoms with Gasteiger partial charge in [-0.25, -0.2) is 0 Å². The predicted molar refractivity (Wildman–Crippen MR) is 93.0 cm³/mol. The summed E-state index contributed by atoms with van der Waals surface area (Å²) in [5, 5.41) is 0. The first kappa shape index (κ1) is 17.3. The van der Waals surface area contributed by atoms with Gasteiger partial charge in [0.05, 0.1) is 13.2 Å². The molecule has 1 saturated heterocycles. The quantitative estimate of drug-likeness (QED) is 0.442. The van der Waals surface area contributed by atoms with Crippen molar-refractivity contribution in [2.24, 2.45) is 0 Å².